The van der Waals surface area contributed by atoms with Gasteiger partial charge in [0.15, 0.2) is 0 Å². The minimum absolute atomic E-state index is 0.113. The van der Waals surface area contributed by atoms with Crippen molar-refractivity contribution in [2.24, 2.45) is 0 Å². The van der Waals surface area contributed by atoms with Gasteiger partial charge < -0.3 is 9.47 Å². The normalized spacial score (nSPS) is 16.4. The summed E-state index contributed by atoms with van der Waals surface area (Å²) < 4.78 is 16.4. The number of nitrogens with zero attached hydrogens (tertiary/aromatic N) is 3. The van der Waals surface area contributed by atoms with Crippen molar-refractivity contribution in [3.8, 4) is 0 Å². The van der Waals surface area contributed by atoms with Crippen molar-refractivity contribution in [2.45, 2.75) is 18.9 Å². The van der Waals surface area contributed by atoms with Gasteiger partial charge in [-0.3, -0.25) is 4.79 Å². The lowest BCUT2D eigenvalue weighted by Crippen LogP contribution is -2.25. The molecule has 3 aromatic carbocycles. The summed E-state index contributed by atoms with van der Waals surface area (Å²) in [6, 6.07) is 19.6. The molecule has 0 aliphatic carbocycles. The van der Waals surface area contributed by atoms with Gasteiger partial charge in [-0.25, -0.2) is 9.37 Å². The van der Waals surface area contributed by atoms with Crippen LogP contribution in [0.25, 0.3) is 11.0 Å². The number of hydrogen-bond acceptors (Lipinski definition) is 2. The predicted octanol–water partition coefficient (Wildman–Crippen LogP) is 6.05. The van der Waals surface area contributed by atoms with E-state index in [0.717, 1.165) is 22.4 Å². The highest BCUT2D eigenvalue weighted by atomic mass is 35.5. The minimum atomic E-state index is -0.405. The summed E-state index contributed by atoms with van der Waals surface area (Å²) in [5.41, 5.74) is 3.02. The van der Waals surface area contributed by atoms with Crippen LogP contribution in [0.5, 0.6) is 0 Å². The molecule has 1 aliphatic heterocycles. The van der Waals surface area contributed by atoms with Crippen LogP contribution < -0.4 is 4.90 Å². The van der Waals surface area contributed by atoms with Crippen LogP contribution in [0.1, 0.15) is 23.7 Å². The van der Waals surface area contributed by atoms with Crippen molar-refractivity contribution in [3.63, 3.8) is 0 Å². The van der Waals surface area contributed by atoms with Gasteiger partial charge in [0.05, 0.1) is 23.3 Å². The zero-order valence-corrected chi connectivity index (χ0v) is 17.9. The maximum absolute atomic E-state index is 14.3. The number of carbonyl (C=O) groups excluding carboxylic acids is 1. The van der Waals surface area contributed by atoms with Gasteiger partial charge in [0.2, 0.25) is 5.91 Å². The molecule has 4 nitrogen and oxygen atoms in total. The Morgan fingerprint density at radius 1 is 1.03 bits per heavy atom. The van der Waals surface area contributed by atoms with Crippen LogP contribution in [0.3, 0.4) is 0 Å². The first kappa shape index (κ1) is 20.0. The van der Waals surface area contributed by atoms with Crippen LogP contribution in [0.15, 0.2) is 66.7 Å². The van der Waals surface area contributed by atoms with E-state index in [1.54, 1.807) is 30.3 Å². The molecule has 4 aromatic rings. The number of halogens is 3. The summed E-state index contributed by atoms with van der Waals surface area (Å²) in [4.78, 5) is 19.1. The zero-order valence-electron chi connectivity index (χ0n) is 16.4. The molecule has 0 radical (unpaired) electrons. The second kappa shape index (κ2) is 7.98. The Morgan fingerprint density at radius 3 is 2.61 bits per heavy atom. The molecule has 7 heteroatoms. The van der Waals surface area contributed by atoms with E-state index in [1.807, 2.05) is 30.3 Å². The van der Waals surface area contributed by atoms with Crippen molar-refractivity contribution in [2.75, 3.05) is 11.4 Å². The number of benzene rings is 3. The van der Waals surface area contributed by atoms with E-state index >= 15 is 0 Å². The number of aromatic nitrogens is 2. The van der Waals surface area contributed by atoms with Gasteiger partial charge in [0.1, 0.15) is 11.6 Å². The van der Waals surface area contributed by atoms with Gasteiger partial charge in [-0.1, -0.05) is 53.5 Å². The van der Waals surface area contributed by atoms with Crippen molar-refractivity contribution in [1.29, 1.82) is 0 Å². The summed E-state index contributed by atoms with van der Waals surface area (Å²) in [5.74, 6) is 0.112. The molecule has 1 aliphatic rings. The standard InChI is InChI=1S/C24H18Cl2FN3O/c25-17-10-9-15(18(26)12-17)13-30-22-8-4-2-6-20(22)28-24(30)16-11-23(31)29(14-16)21-7-3-1-5-19(21)27/h1-10,12,16H,11,13-14H2. The quantitative estimate of drug-likeness (QED) is 0.377. The molecule has 0 spiro atoms. The number of amides is 1. The van der Waals surface area contributed by atoms with Gasteiger partial charge in [-0.05, 0) is 42.0 Å². The van der Waals surface area contributed by atoms with Crippen LogP contribution in [-0.2, 0) is 11.3 Å². The summed E-state index contributed by atoms with van der Waals surface area (Å²) in [6.45, 7) is 0.869. The minimum Gasteiger partial charge on any atom is -0.323 e. The highest BCUT2D eigenvalue weighted by Crippen LogP contribution is 2.35. The SMILES string of the molecule is O=C1CC(c2nc3ccccc3n2Cc2ccc(Cl)cc2Cl)CN1c1ccccc1F. The molecule has 1 unspecified atom stereocenters. The van der Waals surface area contributed by atoms with Gasteiger partial charge in [0.25, 0.3) is 0 Å². The summed E-state index contributed by atoms with van der Waals surface area (Å²) in [7, 11) is 0. The van der Waals surface area contributed by atoms with Crippen LogP contribution in [0.4, 0.5) is 10.1 Å². The predicted molar refractivity (Wildman–Crippen MR) is 121 cm³/mol. The molecule has 5 rings (SSSR count). The summed E-state index contributed by atoms with van der Waals surface area (Å²) >= 11 is 12.5. The molecule has 156 valence electrons. The smallest absolute Gasteiger partial charge is 0.227 e. The maximum atomic E-state index is 14.3. The largest absolute Gasteiger partial charge is 0.323 e. The third kappa shape index (κ3) is 3.68. The second-order valence-corrected chi connectivity index (χ2v) is 8.48. The molecule has 2 heterocycles. The molecule has 1 saturated heterocycles. The van der Waals surface area contributed by atoms with Crippen LogP contribution in [0.2, 0.25) is 10.0 Å². The topological polar surface area (TPSA) is 38.1 Å². The molecule has 0 bridgehead atoms. The molecule has 1 atom stereocenters. The Bertz CT molecular complexity index is 1300. The fraction of sp³-hybridized carbons (Fsp3) is 0.167. The number of para-hydroxylation sites is 3. The third-order valence-electron chi connectivity index (χ3n) is 5.66. The molecule has 1 amide bonds. The van der Waals surface area contributed by atoms with Crippen LogP contribution >= 0.6 is 23.2 Å². The molecule has 1 aromatic heterocycles. The number of carbonyl (C=O) groups is 1. The van der Waals surface area contributed by atoms with Crippen molar-refractivity contribution >= 4 is 45.8 Å². The van der Waals surface area contributed by atoms with Crippen molar-refractivity contribution in [3.05, 3.63) is 94.0 Å². The lowest BCUT2D eigenvalue weighted by Gasteiger charge is -2.18. The first-order valence-corrected chi connectivity index (χ1v) is 10.7. The monoisotopic (exact) mass is 453 g/mol. The highest BCUT2D eigenvalue weighted by Gasteiger charge is 2.35. The highest BCUT2D eigenvalue weighted by molar-refractivity contribution is 6.35. The Hall–Kier alpha value is -2.89. The first-order chi connectivity index (χ1) is 15.0. The molecule has 0 saturated carbocycles. The zero-order chi connectivity index (χ0) is 21.5. The molecule has 0 N–H and O–H groups in total. The Kier molecular flexibility index (Phi) is 5.16. The van der Waals surface area contributed by atoms with Gasteiger partial charge in [-0.2, -0.15) is 0 Å². The first-order valence-electron chi connectivity index (χ1n) is 9.95. The number of rotatable bonds is 4. The molecular weight excluding hydrogens is 436 g/mol. The number of imidazole rings is 1. The number of fused-ring (bicyclic) bond motifs is 1. The number of hydrogen-bond donors (Lipinski definition) is 0. The fourth-order valence-electron chi connectivity index (χ4n) is 4.18. The summed E-state index contributed by atoms with van der Waals surface area (Å²) in [6.07, 6.45) is 0.270. The average molecular weight is 454 g/mol. The van der Waals surface area contributed by atoms with E-state index in [9.17, 15) is 9.18 Å². The average Bonchev–Trinajstić information content (AvgIpc) is 3.31. The Balaban J connectivity index is 1.55. The third-order valence-corrected chi connectivity index (χ3v) is 6.25. The lowest BCUT2D eigenvalue weighted by atomic mass is 10.1. The van der Waals surface area contributed by atoms with E-state index in [4.69, 9.17) is 28.2 Å². The van der Waals surface area contributed by atoms with E-state index in [1.165, 1.54) is 11.0 Å². The fourth-order valence-corrected chi connectivity index (χ4v) is 4.64. The van der Waals surface area contributed by atoms with E-state index in [2.05, 4.69) is 4.57 Å². The molecule has 31 heavy (non-hydrogen) atoms. The van der Waals surface area contributed by atoms with Gasteiger partial charge in [-0.15, -0.1) is 0 Å². The van der Waals surface area contributed by atoms with Crippen molar-refractivity contribution in [1.82, 2.24) is 9.55 Å². The Morgan fingerprint density at radius 2 is 1.81 bits per heavy atom. The van der Waals surface area contributed by atoms with Crippen molar-refractivity contribution < 1.29 is 9.18 Å². The second-order valence-electron chi connectivity index (χ2n) is 7.64. The number of anilines is 1. The van der Waals surface area contributed by atoms with E-state index in [-0.39, 0.29) is 18.2 Å². The molecular formula is C24H18Cl2FN3O. The Labute approximate surface area is 188 Å². The van der Waals surface area contributed by atoms with Gasteiger partial charge >= 0.3 is 0 Å². The van der Waals surface area contributed by atoms with E-state index < -0.39 is 5.82 Å². The van der Waals surface area contributed by atoms with Gasteiger partial charge in [0, 0.05) is 28.9 Å². The summed E-state index contributed by atoms with van der Waals surface area (Å²) in [5, 5.41) is 1.15. The molecule has 1 fully saturated rings. The van der Waals surface area contributed by atoms with E-state index in [0.29, 0.717) is 28.8 Å². The lowest BCUT2D eigenvalue weighted by molar-refractivity contribution is -0.117. The maximum Gasteiger partial charge on any atom is 0.227 e. The van der Waals surface area contributed by atoms with Crippen LogP contribution in [0, 0.1) is 5.82 Å². The van der Waals surface area contributed by atoms with Crippen LogP contribution in [-0.4, -0.2) is 22.0 Å².